The van der Waals surface area contributed by atoms with Crippen LogP contribution in [0.5, 0.6) is 0 Å². The molecule has 32 heavy (non-hydrogen) atoms. The predicted molar refractivity (Wildman–Crippen MR) is 129 cm³/mol. The van der Waals surface area contributed by atoms with Crippen LogP contribution in [-0.4, -0.2) is 91.3 Å². The summed E-state index contributed by atoms with van der Waals surface area (Å²) < 4.78 is 6.37. The molecule has 3 aliphatic rings. The van der Waals surface area contributed by atoms with Gasteiger partial charge in [-0.1, -0.05) is 44.2 Å². The first-order valence-electron chi connectivity index (χ1n) is 12.7. The number of benzene rings is 1. The largest absolute Gasteiger partial charge is 0.375 e. The molecule has 1 atom stereocenters. The molecule has 0 saturated carbocycles. The van der Waals surface area contributed by atoms with Crippen molar-refractivity contribution in [3.05, 3.63) is 35.9 Å². The fraction of sp³-hybridized carbons (Fsp3) is 0.731. The summed E-state index contributed by atoms with van der Waals surface area (Å²) in [7, 11) is 0. The topological polar surface area (TPSA) is 48.1 Å². The first kappa shape index (κ1) is 23.5. The lowest BCUT2D eigenvalue weighted by Gasteiger charge is -2.49. The van der Waals surface area contributed by atoms with E-state index in [4.69, 9.17) is 4.74 Å². The highest BCUT2D eigenvalue weighted by Crippen LogP contribution is 2.37. The van der Waals surface area contributed by atoms with Crippen molar-refractivity contribution in [3.8, 4) is 0 Å². The van der Waals surface area contributed by atoms with Crippen molar-refractivity contribution in [2.75, 3.05) is 59.0 Å². The summed E-state index contributed by atoms with van der Waals surface area (Å²) in [4.78, 5) is 19.9. The molecule has 3 saturated heterocycles. The van der Waals surface area contributed by atoms with Gasteiger partial charge < -0.3 is 19.9 Å². The Morgan fingerprint density at radius 1 is 1.09 bits per heavy atom. The molecule has 3 heterocycles. The number of carbonyl (C=O) groups is 1. The Balaban J connectivity index is 1.20. The lowest BCUT2D eigenvalue weighted by molar-refractivity contribution is -0.132. The van der Waals surface area contributed by atoms with Crippen molar-refractivity contribution in [3.63, 3.8) is 0 Å². The van der Waals surface area contributed by atoms with Crippen molar-refractivity contribution >= 4 is 6.03 Å². The van der Waals surface area contributed by atoms with Crippen LogP contribution in [0.4, 0.5) is 4.79 Å². The number of carbonyl (C=O) groups excluding carboxylic acids is 1. The zero-order valence-corrected chi connectivity index (χ0v) is 20.1. The van der Waals surface area contributed by atoms with E-state index in [0.29, 0.717) is 12.6 Å². The number of nitrogens with zero attached hydrogens (tertiary/aromatic N) is 3. The average molecular weight is 443 g/mol. The second kappa shape index (κ2) is 11.0. The molecule has 0 unspecified atom stereocenters. The minimum Gasteiger partial charge on any atom is -0.375 e. The molecule has 178 valence electrons. The molecule has 0 aromatic heterocycles. The summed E-state index contributed by atoms with van der Waals surface area (Å²) in [5, 5.41) is 3.10. The van der Waals surface area contributed by atoms with Crippen LogP contribution in [0.1, 0.15) is 45.1 Å². The summed E-state index contributed by atoms with van der Waals surface area (Å²) in [6, 6.07) is 11.0. The van der Waals surface area contributed by atoms with Crippen molar-refractivity contribution < 1.29 is 9.53 Å². The second-order valence-electron chi connectivity index (χ2n) is 10.4. The summed E-state index contributed by atoms with van der Waals surface area (Å²) >= 11 is 0. The molecule has 6 nitrogen and oxygen atoms in total. The van der Waals surface area contributed by atoms with E-state index in [1.807, 2.05) is 23.1 Å². The smallest absolute Gasteiger partial charge is 0.317 e. The van der Waals surface area contributed by atoms with Gasteiger partial charge in [-0.3, -0.25) is 4.90 Å². The zero-order valence-electron chi connectivity index (χ0n) is 20.1. The van der Waals surface area contributed by atoms with Crippen molar-refractivity contribution in [2.24, 2.45) is 5.92 Å². The first-order valence-corrected chi connectivity index (χ1v) is 12.7. The molecule has 4 rings (SSSR count). The number of ether oxygens (including phenoxy) is 1. The van der Waals surface area contributed by atoms with E-state index >= 15 is 0 Å². The predicted octanol–water partition coefficient (Wildman–Crippen LogP) is 3.23. The van der Waals surface area contributed by atoms with E-state index in [1.54, 1.807) is 0 Å². The molecule has 0 aliphatic carbocycles. The number of hydrogen-bond acceptors (Lipinski definition) is 4. The van der Waals surface area contributed by atoms with Gasteiger partial charge in [-0.05, 0) is 43.6 Å². The molecular formula is C26H42N4O2. The van der Waals surface area contributed by atoms with E-state index in [-0.39, 0.29) is 11.6 Å². The Morgan fingerprint density at radius 3 is 2.50 bits per heavy atom. The number of piperidine rings is 1. The Bertz CT molecular complexity index is 710. The number of amides is 2. The summed E-state index contributed by atoms with van der Waals surface area (Å²) in [6.45, 7) is 13.7. The Kier molecular flexibility index (Phi) is 8.08. The maximum atomic E-state index is 12.6. The maximum Gasteiger partial charge on any atom is 0.317 e. The van der Waals surface area contributed by atoms with Crippen LogP contribution in [0.15, 0.2) is 30.3 Å². The van der Waals surface area contributed by atoms with Gasteiger partial charge >= 0.3 is 6.03 Å². The third-order valence-corrected chi connectivity index (χ3v) is 7.51. The third kappa shape index (κ3) is 6.24. The molecule has 1 N–H and O–H groups in total. The van der Waals surface area contributed by atoms with Crippen LogP contribution < -0.4 is 5.32 Å². The fourth-order valence-electron chi connectivity index (χ4n) is 5.68. The monoisotopic (exact) mass is 442 g/mol. The van der Waals surface area contributed by atoms with Gasteiger partial charge in [-0.15, -0.1) is 0 Å². The number of rotatable bonds is 6. The number of nitrogens with one attached hydrogen (secondary N) is 1. The minimum absolute atomic E-state index is 0.0290. The molecular weight excluding hydrogens is 400 g/mol. The molecule has 1 aromatic rings. The van der Waals surface area contributed by atoms with E-state index in [2.05, 4.69) is 41.1 Å². The maximum absolute atomic E-state index is 12.6. The van der Waals surface area contributed by atoms with Crippen LogP contribution in [0, 0.1) is 5.92 Å². The highest BCUT2D eigenvalue weighted by atomic mass is 16.5. The quantitative estimate of drug-likeness (QED) is 0.735. The summed E-state index contributed by atoms with van der Waals surface area (Å²) in [5.41, 5.74) is 1.23. The molecule has 0 radical (unpaired) electrons. The molecule has 3 aliphatic heterocycles. The van der Waals surface area contributed by atoms with Crippen LogP contribution in [0.25, 0.3) is 0 Å². The normalized spacial score (nSPS) is 24.7. The number of likely N-dealkylation sites (tertiary alicyclic amines) is 1. The van der Waals surface area contributed by atoms with Crippen molar-refractivity contribution in [1.29, 1.82) is 0 Å². The standard InChI is InChI=1S/C26H42N4O2/c1-22(2)21-28-15-17-29(18-16-28)24-9-19-32-26(20-24)10-13-30(14-11-26)25(31)27-12-8-23-6-4-3-5-7-23/h3-7,22,24H,8-21H2,1-2H3,(H,27,31)/t24-/m1/s1. The summed E-state index contributed by atoms with van der Waals surface area (Å²) in [5.74, 6) is 0.744. The fourth-order valence-corrected chi connectivity index (χ4v) is 5.68. The molecule has 0 bridgehead atoms. The molecule has 1 spiro atoms. The molecule has 3 fully saturated rings. The van der Waals surface area contributed by atoms with Crippen molar-refractivity contribution in [1.82, 2.24) is 20.0 Å². The van der Waals surface area contributed by atoms with Crippen LogP contribution in [-0.2, 0) is 11.2 Å². The zero-order chi connectivity index (χ0) is 22.4. The lowest BCUT2D eigenvalue weighted by Crippen LogP contribution is -2.58. The molecule has 1 aromatic carbocycles. The molecule has 6 heteroatoms. The van der Waals surface area contributed by atoms with Gasteiger partial charge in [-0.2, -0.15) is 0 Å². The highest BCUT2D eigenvalue weighted by molar-refractivity contribution is 5.74. The Hall–Kier alpha value is -1.63. The van der Waals surface area contributed by atoms with Gasteiger partial charge in [0.1, 0.15) is 0 Å². The van der Waals surface area contributed by atoms with Gasteiger partial charge in [-0.25, -0.2) is 4.79 Å². The second-order valence-corrected chi connectivity index (χ2v) is 10.4. The number of piperazine rings is 1. The van der Waals surface area contributed by atoms with E-state index in [1.165, 1.54) is 38.3 Å². The van der Waals surface area contributed by atoms with E-state index in [9.17, 15) is 4.79 Å². The first-order chi connectivity index (χ1) is 15.5. The van der Waals surface area contributed by atoms with Crippen LogP contribution >= 0.6 is 0 Å². The highest BCUT2D eigenvalue weighted by Gasteiger charge is 2.42. The Labute approximate surface area is 194 Å². The minimum atomic E-state index is -0.0290. The van der Waals surface area contributed by atoms with Gasteiger partial charge in [0.05, 0.1) is 5.60 Å². The number of urea groups is 1. The summed E-state index contributed by atoms with van der Waals surface area (Å²) in [6.07, 6.45) is 5.07. The van der Waals surface area contributed by atoms with Crippen molar-refractivity contribution in [2.45, 2.75) is 57.6 Å². The van der Waals surface area contributed by atoms with Crippen LogP contribution in [0.3, 0.4) is 0 Å². The van der Waals surface area contributed by atoms with E-state index < -0.39 is 0 Å². The van der Waals surface area contributed by atoms with Gasteiger partial charge in [0.15, 0.2) is 0 Å². The van der Waals surface area contributed by atoms with Gasteiger partial charge in [0, 0.05) is 65.0 Å². The third-order valence-electron chi connectivity index (χ3n) is 7.51. The van der Waals surface area contributed by atoms with Crippen LogP contribution in [0.2, 0.25) is 0 Å². The SMILES string of the molecule is CC(C)CN1CCN([C@@H]2CCOC3(CCN(C(=O)NCCc4ccccc4)CC3)C2)CC1. The number of hydrogen-bond donors (Lipinski definition) is 1. The average Bonchev–Trinajstić information content (AvgIpc) is 2.80. The van der Waals surface area contributed by atoms with Gasteiger partial charge in [0.25, 0.3) is 0 Å². The molecule has 2 amide bonds. The lowest BCUT2D eigenvalue weighted by atomic mass is 9.81. The Morgan fingerprint density at radius 2 is 1.81 bits per heavy atom. The van der Waals surface area contributed by atoms with E-state index in [0.717, 1.165) is 57.7 Å². The van der Waals surface area contributed by atoms with Gasteiger partial charge in [0.2, 0.25) is 0 Å².